The van der Waals surface area contributed by atoms with Gasteiger partial charge in [0.25, 0.3) is 6.43 Å². The van der Waals surface area contributed by atoms with Crippen LogP contribution in [0, 0.1) is 0 Å². The first-order valence-corrected chi connectivity index (χ1v) is 5.36. The molecule has 4 heteroatoms. The fourth-order valence-corrected chi connectivity index (χ4v) is 1.75. The third kappa shape index (κ3) is 2.75. The van der Waals surface area contributed by atoms with E-state index < -0.39 is 11.8 Å². The Morgan fingerprint density at radius 2 is 2.00 bits per heavy atom. The van der Waals surface area contributed by atoms with Crippen molar-refractivity contribution >= 4 is 15.9 Å². The summed E-state index contributed by atoms with van der Waals surface area (Å²) in [5.74, 6) is 0. The predicted molar refractivity (Wildman–Crippen MR) is 59.2 cm³/mol. The minimum atomic E-state index is -2.51. The van der Waals surface area contributed by atoms with Crippen LogP contribution in [0.15, 0.2) is 22.7 Å². The van der Waals surface area contributed by atoms with Gasteiger partial charge in [-0.2, -0.15) is 0 Å². The number of aliphatic hydroxyl groups excluding tert-OH is 1. The molecule has 0 aliphatic rings. The number of hydrogen-bond donors (Lipinski definition) is 1. The van der Waals surface area contributed by atoms with Crippen molar-refractivity contribution in [3.05, 3.63) is 33.8 Å². The van der Waals surface area contributed by atoms with E-state index in [0.29, 0.717) is 5.56 Å². The normalized spacial score (nSPS) is 12.2. The highest BCUT2D eigenvalue weighted by molar-refractivity contribution is 9.10. The lowest BCUT2D eigenvalue weighted by molar-refractivity contribution is 0.145. The molecule has 15 heavy (non-hydrogen) atoms. The Bertz CT molecular complexity index is 350. The van der Waals surface area contributed by atoms with Gasteiger partial charge in [-0.25, -0.2) is 8.78 Å². The quantitative estimate of drug-likeness (QED) is 0.895. The zero-order chi connectivity index (χ0) is 11.6. The van der Waals surface area contributed by atoms with Gasteiger partial charge in [0.05, 0.1) is 6.61 Å². The molecule has 0 unspecified atom stereocenters. The van der Waals surface area contributed by atoms with Gasteiger partial charge in [-0.3, -0.25) is 0 Å². The van der Waals surface area contributed by atoms with Gasteiger partial charge >= 0.3 is 0 Å². The van der Waals surface area contributed by atoms with E-state index in [1.807, 2.05) is 0 Å². The van der Waals surface area contributed by atoms with Gasteiger partial charge in [0.1, 0.15) is 0 Å². The summed E-state index contributed by atoms with van der Waals surface area (Å²) in [6.07, 6.45) is -2.51. The van der Waals surface area contributed by atoms with E-state index in [2.05, 4.69) is 15.9 Å². The summed E-state index contributed by atoms with van der Waals surface area (Å²) in [4.78, 5) is 0. The van der Waals surface area contributed by atoms with Gasteiger partial charge in [-0.05, 0) is 17.7 Å². The van der Waals surface area contributed by atoms with Crippen LogP contribution < -0.4 is 0 Å². The van der Waals surface area contributed by atoms with Gasteiger partial charge in [-0.1, -0.05) is 35.8 Å². The summed E-state index contributed by atoms with van der Waals surface area (Å²) in [7, 11) is 0. The van der Waals surface area contributed by atoms with Crippen LogP contribution in [0.3, 0.4) is 0 Å². The molecule has 0 aromatic heterocycles. The third-order valence-corrected chi connectivity index (χ3v) is 2.87. The molecular formula is C11H13BrF2O. The summed E-state index contributed by atoms with van der Waals surface area (Å²) in [5, 5.41) is 9.18. The van der Waals surface area contributed by atoms with Crippen LogP contribution >= 0.6 is 15.9 Å². The molecule has 0 radical (unpaired) electrons. The number of aliphatic hydroxyl groups is 1. The Hall–Kier alpha value is -0.480. The predicted octanol–water partition coefficient (Wildman–Crippen LogP) is 3.66. The first-order valence-electron chi connectivity index (χ1n) is 4.57. The first-order chi connectivity index (χ1) is 6.88. The van der Waals surface area contributed by atoms with E-state index >= 15 is 0 Å². The van der Waals surface area contributed by atoms with Crippen LogP contribution in [0.25, 0.3) is 0 Å². The molecule has 1 aromatic carbocycles. The molecule has 0 spiro atoms. The van der Waals surface area contributed by atoms with Crippen LogP contribution in [-0.4, -0.2) is 11.7 Å². The van der Waals surface area contributed by atoms with Gasteiger partial charge < -0.3 is 5.11 Å². The monoisotopic (exact) mass is 278 g/mol. The summed E-state index contributed by atoms with van der Waals surface area (Å²) < 4.78 is 26.2. The number of rotatable bonds is 3. The molecular weight excluding hydrogens is 266 g/mol. The topological polar surface area (TPSA) is 20.2 Å². The second-order valence-electron chi connectivity index (χ2n) is 4.07. The number of hydrogen-bond acceptors (Lipinski definition) is 1. The summed E-state index contributed by atoms with van der Waals surface area (Å²) >= 11 is 3.24. The first kappa shape index (κ1) is 12.6. The van der Waals surface area contributed by atoms with Crippen molar-refractivity contribution < 1.29 is 13.9 Å². The maximum Gasteiger partial charge on any atom is 0.264 e. The van der Waals surface area contributed by atoms with Crippen LogP contribution in [0.2, 0.25) is 0 Å². The van der Waals surface area contributed by atoms with Crippen LogP contribution in [0.5, 0.6) is 0 Å². The summed E-state index contributed by atoms with van der Waals surface area (Å²) in [5.41, 5.74) is -0.193. The average molecular weight is 279 g/mol. The van der Waals surface area contributed by atoms with E-state index in [-0.39, 0.29) is 12.2 Å². The number of alkyl halides is 2. The fourth-order valence-electron chi connectivity index (χ4n) is 1.39. The van der Waals surface area contributed by atoms with Crippen molar-refractivity contribution in [2.75, 3.05) is 6.61 Å². The smallest absolute Gasteiger partial charge is 0.264 e. The maximum atomic E-state index is 12.7. The maximum absolute atomic E-state index is 12.7. The Labute approximate surface area is 96.2 Å². The van der Waals surface area contributed by atoms with E-state index in [4.69, 9.17) is 0 Å². The van der Waals surface area contributed by atoms with Crippen LogP contribution in [0.4, 0.5) is 8.78 Å². The van der Waals surface area contributed by atoms with Crippen LogP contribution in [-0.2, 0) is 5.41 Å². The zero-order valence-corrected chi connectivity index (χ0v) is 10.2. The zero-order valence-electron chi connectivity index (χ0n) is 8.60. The summed E-state index contributed by atoms with van der Waals surface area (Å²) in [6.45, 7) is 3.31. The van der Waals surface area contributed by atoms with Crippen molar-refractivity contribution in [3.63, 3.8) is 0 Å². The molecule has 0 bridgehead atoms. The Kier molecular flexibility index (Phi) is 3.84. The molecule has 1 rings (SSSR count). The lowest BCUT2D eigenvalue weighted by atomic mass is 9.82. The molecule has 0 aliphatic heterocycles. The molecule has 0 saturated heterocycles. The summed E-state index contributed by atoms with van der Waals surface area (Å²) in [6, 6.07) is 4.61. The molecule has 0 fully saturated rings. The lowest BCUT2D eigenvalue weighted by Gasteiger charge is -2.25. The third-order valence-electron chi connectivity index (χ3n) is 2.37. The molecule has 0 heterocycles. The minimum Gasteiger partial charge on any atom is -0.395 e. The highest BCUT2D eigenvalue weighted by Crippen LogP contribution is 2.34. The van der Waals surface area contributed by atoms with Crippen molar-refractivity contribution in [2.45, 2.75) is 25.7 Å². The Morgan fingerprint density at radius 3 is 2.47 bits per heavy atom. The molecule has 84 valence electrons. The number of halogens is 3. The number of benzene rings is 1. The lowest BCUT2D eigenvalue weighted by Crippen LogP contribution is -2.24. The van der Waals surface area contributed by atoms with E-state index in [1.54, 1.807) is 26.0 Å². The van der Waals surface area contributed by atoms with E-state index in [9.17, 15) is 13.9 Å². The Balaban J connectivity index is 3.30. The molecule has 1 aromatic rings. The van der Waals surface area contributed by atoms with E-state index in [0.717, 1.165) is 4.47 Å². The van der Waals surface area contributed by atoms with Crippen molar-refractivity contribution in [2.24, 2.45) is 0 Å². The van der Waals surface area contributed by atoms with E-state index in [1.165, 1.54) is 6.07 Å². The molecule has 0 amide bonds. The van der Waals surface area contributed by atoms with Gasteiger partial charge in [0.15, 0.2) is 0 Å². The highest BCUT2D eigenvalue weighted by Gasteiger charge is 2.26. The minimum absolute atomic E-state index is 0.0164. The second-order valence-corrected chi connectivity index (χ2v) is 4.99. The SMILES string of the molecule is CC(C)(CO)c1cc(Br)ccc1C(F)F. The van der Waals surface area contributed by atoms with Gasteiger partial charge in [-0.15, -0.1) is 0 Å². The molecule has 1 N–H and O–H groups in total. The molecule has 1 nitrogen and oxygen atoms in total. The molecule has 0 atom stereocenters. The Morgan fingerprint density at radius 1 is 1.40 bits per heavy atom. The fraction of sp³-hybridized carbons (Fsp3) is 0.455. The van der Waals surface area contributed by atoms with Crippen molar-refractivity contribution in [1.29, 1.82) is 0 Å². The standard InChI is InChI=1S/C11H13BrF2O/c1-11(2,6-15)9-5-7(12)3-4-8(9)10(13)14/h3-5,10,15H,6H2,1-2H3. The van der Waals surface area contributed by atoms with Crippen LogP contribution in [0.1, 0.15) is 31.4 Å². The van der Waals surface area contributed by atoms with Crippen molar-refractivity contribution in [1.82, 2.24) is 0 Å². The van der Waals surface area contributed by atoms with Gasteiger partial charge in [0, 0.05) is 15.5 Å². The van der Waals surface area contributed by atoms with Gasteiger partial charge in [0.2, 0.25) is 0 Å². The van der Waals surface area contributed by atoms with Crippen molar-refractivity contribution in [3.8, 4) is 0 Å². The highest BCUT2D eigenvalue weighted by atomic mass is 79.9. The second kappa shape index (κ2) is 4.58. The average Bonchev–Trinajstić information content (AvgIpc) is 2.17. The molecule has 0 aliphatic carbocycles. The largest absolute Gasteiger partial charge is 0.395 e. The molecule has 0 saturated carbocycles.